The number of carbonyl (C=O) groups excluding carboxylic acids is 4. The first-order chi connectivity index (χ1) is 21.0. The van der Waals surface area contributed by atoms with Gasteiger partial charge in [0.2, 0.25) is 5.91 Å². The first-order valence-corrected chi connectivity index (χ1v) is 14.4. The molecule has 4 rings (SSSR count). The van der Waals surface area contributed by atoms with Gasteiger partial charge in [-0.3, -0.25) is 9.59 Å². The maximum atomic E-state index is 14.6. The Bertz CT molecular complexity index is 1300. The minimum absolute atomic E-state index is 0. The predicted octanol–water partition coefficient (Wildman–Crippen LogP) is 2.77. The largest absolute Gasteiger partial charge is 0.478 e. The first-order valence-electron chi connectivity index (χ1n) is 14.4. The van der Waals surface area contributed by atoms with Crippen LogP contribution in [0.5, 0.6) is 0 Å². The minimum Gasteiger partial charge on any atom is -0.478 e. The van der Waals surface area contributed by atoms with Gasteiger partial charge in [-0.05, 0) is 30.4 Å². The van der Waals surface area contributed by atoms with Crippen LogP contribution in [0.4, 0.5) is 4.39 Å². The molecule has 2 atom stereocenters. The van der Waals surface area contributed by atoms with Crippen molar-refractivity contribution in [1.29, 1.82) is 0 Å². The molecule has 2 aliphatic heterocycles. The summed E-state index contributed by atoms with van der Waals surface area (Å²) < 4.78 is 21.4. The number of aromatic nitrogens is 3. The van der Waals surface area contributed by atoms with E-state index < -0.39 is 11.8 Å². The Morgan fingerprint density at radius 2 is 1.78 bits per heavy atom. The zero-order valence-corrected chi connectivity index (χ0v) is 25.6. The van der Waals surface area contributed by atoms with E-state index in [1.54, 1.807) is 18.2 Å². The van der Waals surface area contributed by atoms with Gasteiger partial charge in [-0.2, -0.15) is 9.59 Å². The molecule has 13 nitrogen and oxygen atoms in total. The van der Waals surface area contributed by atoms with E-state index in [1.807, 2.05) is 23.6 Å². The van der Waals surface area contributed by atoms with Gasteiger partial charge in [-0.15, -0.1) is 5.10 Å². The van der Waals surface area contributed by atoms with Crippen LogP contribution in [-0.4, -0.2) is 106 Å². The number of carboxylic acids is 1. The highest BCUT2D eigenvalue weighted by molar-refractivity contribution is 5.94. The third-order valence-corrected chi connectivity index (χ3v) is 6.97. The molecule has 2 N–H and O–H groups in total. The highest BCUT2D eigenvalue weighted by atomic mass is 19.1. The molecule has 2 aromatic rings. The standard InChI is InChI=1S/C26H37FN6O3.C3H4O2.CO2.CH4/c1-17(2)16-32(20-13-19(14-28-15-20)25(34)31-9-11-36-12-10-31)26(35)23-24(18(3)4)33(30-29-23)22-8-6-5-7-21(22)27;1-2-3(4)5;2-1-3;/h5-8,17-20,28H,9-16H2,1-4H3;2H,1H2,(H,4,5);;1H4/t19-,20+;;;/m1.../s1. The number of carbonyl (C=O) groups is 3. The third kappa shape index (κ3) is 11.0. The number of hydrogen-bond acceptors (Lipinski definition) is 9. The van der Waals surface area contributed by atoms with Crippen LogP contribution in [0.2, 0.25) is 0 Å². The van der Waals surface area contributed by atoms with E-state index in [0.29, 0.717) is 58.1 Å². The Hall–Kier alpha value is -4.26. The smallest absolute Gasteiger partial charge is 0.373 e. The summed E-state index contributed by atoms with van der Waals surface area (Å²) in [5, 5.41) is 19.4. The summed E-state index contributed by atoms with van der Waals surface area (Å²) in [5.74, 6) is -1.63. The molecule has 1 aromatic heterocycles. The van der Waals surface area contributed by atoms with Crippen LogP contribution in [0.15, 0.2) is 36.9 Å². The molecule has 3 heterocycles. The number of rotatable bonds is 8. The van der Waals surface area contributed by atoms with E-state index in [0.717, 1.165) is 6.08 Å². The van der Waals surface area contributed by atoms with Gasteiger partial charge in [0.25, 0.3) is 5.91 Å². The Balaban J connectivity index is 0.00000101. The molecule has 2 saturated heterocycles. The molecule has 45 heavy (non-hydrogen) atoms. The van der Waals surface area contributed by atoms with Gasteiger partial charge in [0.05, 0.1) is 24.8 Å². The molecule has 248 valence electrons. The summed E-state index contributed by atoms with van der Waals surface area (Å²) in [5.41, 5.74) is 1.07. The number of aliphatic carboxylic acids is 1. The van der Waals surface area contributed by atoms with Gasteiger partial charge >= 0.3 is 12.1 Å². The quantitative estimate of drug-likeness (QED) is 0.414. The van der Waals surface area contributed by atoms with Crippen molar-refractivity contribution in [2.24, 2.45) is 11.8 Å². The van der Waals surface area contributed by atoms with E-state index in [9.17, 15) is 18.8 Å². The maximum absolute atomic E-state index is 14.6. The Morgan fingerprint density at radius 1 is 1.18 bits per heavy atom. The van der Waals surface area contributed by atoms with Crippen molar-refractivity contribution >= 4 is 23.9 Å². The fraction of sp³-hybridized carbons (Fsp3) is 0.548. The molecule has 0 bridgehead atoms. The van der Waals surface area contributed by atoms with Gasteiger partial charge in [-0.1, -0.05) is 59.0 Å². The van der Waals surface area contributed by atoms with Gasteiger partial charge in [0.15, 0.2) is 5.69 Å². The Kier molecular flexibility index (Phi) is 16.5. The molecule has 0 radical (unpaired) electrons. The van der Waals surface area contributed by atoms with E-state index in [4.69, 9.17) is 19.4 Å². The number of amides is 2. The van der Waals surface area contributed by atoms with Gasteiger partial charge in [0, 0.05) is 44.8 Å². The van der Waals surface area contributed by atoms with Crippen LogP contribution in [0.3, 0.4) is 0 Å². The number of hydrogen-bond donors (Lipinski definition) is 2. The van der Waals surface area contributed by atoms with E-state index in [2.05, 4.69) is 36.1 Å². The van der Waals surface area contributed by atoms with Crippen molar-refractivity contribution in [3.63, 3.8) is 0 Å². The van der Waals surface area contributed by atoms with Gasteiger partial charge in [-0.25, -0.2) is 13.9 Å². The molecule has 0 unspecified atom stereocenters. The van der Waals surface area contributed by atoms with Crippen LogP contribution in [0.25, 0.3) is 5.69 Å². The van der Waals surface area contributed by atoms with Crippen LogP contribution in [0.1, 0.15) is 63.6 Å². The van der Waals surface area contributed by atoms with Crippen molar-refractivity contribution in [3.8, 4) is 5.69 Å². The number of piperidine rings is 1. The molecule has 2 fully saturated rings. The number of para-hydroxylation sites is 1. The highest BCUT2D eigenvalue weighted by Gasteiger charge is 2.37. The lowest BCUT2D eigenvalue weighted by molar-refractivity contribution is -0.191. The molecule has 2 aliphatic rings. The fourth-order valence-electron chi connectivity index (χ4n) is 5.07. The predicted molar refractivity (Wildman–Crippen MR) is 163 cm³/mol. The monoisotopic (exact) mass is 632 g/mol. The number of ether oxygens (including phenoxy) is 1. The Morgan fingerprint density at radius 3 is 2.31 bits per heavy atom. The second kappa shape index (κ2) is 19.2. The highest BCUT2D eigenvalue weighted by Crippen LogP contribution is 2.27. The second-order valence-electron chi connectivity index (χ2n) is 11.0. The summed E-state index contributed by atoms with van der Waals surface area (Å²) in [6.07, 6.45) is 1.67. The third-order valence-electron chi connectivity index (χ3n) is 6.97. The SMILES string of the molecule is C.C=CC(=O)O.CC(C)CN(C(=O)c1nnn(-c2ccccc2F)c1C(C)C)[C@@H]1CNC[C@H](C(=O)N2CCOCC2)C1.O=C=O. The fourth-order valence-corrected chi connectivity index (χ4v) is 5.07. The molecular weight excluding hydrogens is 587 g/mol. The molecule has 1 aromatic carbocycles. The number of nitrogens with one attached hydrogen (secondary N) is 1. The van der Waals surface area contributed by atoms with Crippen LogP contribution in [-0.2, 0) is 23.9 Å². The van der Waals surface area contributed by atoms with Crippen molar-refractivity contribution in [2.75, 3.05) is 45.9 Å². The number of benzene rings is 1. The summed E-state index contributed by atoms with van der Waals surface area (Å²) in [4.78, 5) is 56.4. The van der Waals surface area contributed by atoms with Crippen molar-refractivity contribution in [1.82, 2.24) is 30.1 Å². The topological polar surface area (TPSA) is 164 Å². The molecule has 14 heteroatoms. The summed E-state index contributed by atoms with van der Waals surface area (Å²) in [6.45, 7) is 15.0. The van der Waals surface area contributed by atoms with Crippen molar-refractivity contribution in [2.45, 2.75) is 53.5 Å². The lowest BCUT2D eigenvalue weighted by Crippen LogP contribution is -2.56. The maximum Gasteiger partial charge on any atom is 0.373 e. The molecule has 0 saturated carbocycles. The van der Waals surface area contributed by atoms with E-state index in [1.165, 1.54) is 10.7 Å². The summed E-state index contributed by atoms with van der Waals surface area (Å²) in [6, 6.07) is 6.18. The summed E-state index contributed by atoms with van der Waals surface area (Å²) in [7, 11) is 0. The summed E-state index contributed by atoms with van der Waals surface area (Å²) >= 11 is 0. The van der Waals surface area contributed by atoms with Crippen molar-refractivity contribution < 1.29 is 38.2 Å². The lowest BCUT2D eigenvalue weighted by Gasteiger charge is -2.40. The number of morpholine rings is 1. The van der Waals surface area contributed by atoms with E-state index in [-0.39, 0.29) is 60.6 Å². The normalized spacial score (nSPS) is 17.4. The molecular formula is C31H45FN6O7. The lowest BCUT2D eigenvalue weighted by atomic mass is 9.92. The first kappa shape index (κ1) is 38.8. The van der Waals surface area contributed by atoms with E-state index >= 15 is 0 Å². The minimum atomic E-state index is -0.981. The second-order valence-corrected chi connectivity index (χ2v) is 11.0. The Labute approximate surface area is 263 Å². The number of nitrogens with zero attached hydrogens (tertiary/aromatic N) is 5. The number of halogens is 1. The average molecular weight is 633 g/mol. The zero-order valence-electron chi connectivity index (χ0n) is 25.6. The van der Waals surface area contributed by atoms with Crippen LogP contribution in [0, 0.1) is 17.7 Å². The van der Waals surface area contributed by atoms with Crippen molar-refractivity contribution in [3.05, 3.63) is 54.1 Å². The average Bonchev–Trinajstić information content (AvgIpc) is 3.46. The number of carboxylic acid groups (broad SMARTS) is 1. The van der Waals surface area contributed by atoms with Crippen LogP contribution < -0.4 is 5.32 Å². The van der Waals surface area contributed by atoms with Gasteiger partial charge < -0.3 is 25.0 Å². The van der Waals surface area contributed by atoms with Gasteiger partial charge in [0.1, 0.15) is 11.5 Å². The van der Waals surface area contributed by atoms with Crippen LogP contribution >= 0.6 is 0 Å². The molecule has 2 amide bonds. The molecule has 0 aliphatic carbocycles. The molecule has 0 spiro atoms. The zero-order chi connectivity index (χ0) is 32.8.